The van der Waals surface area contributed by atoms with Gasteiger partial charge < -0.3 is 14.4 Å². The number of likely N-dealkylation sites (N-methyl/N-ethyl adjacent to an activating group) is 1. The standard InChI is InChI=1S/C16H25N3O4/c1-15(2,3)12-8-11(17-18-12)14(21)19(4)16(6-7-23-10-16)9-13(20)22-5/h8H,6-7,9-10H2,1-5H3,(H,17,18)/t16-/m1/s1. The van der Waals surface area contributed by atoms with E-state index in [1.54, 1.807) is 18.0 Å². The van der Waals surface area contributed by atoms with Crippen molar-refractivity contribution in [3.05, 3.63) is 17.5 Å². The lowest BCUT2D eigenvalue weighted by Crippen LogP contribution is -2.51. The smallest absolute Gasteiger partial charge is 0.307 e. The van der Waals surface area contributed by atoms with Gasteiger partial charge in [-0.25, -0.2) is 0 Å². The fraction of sp³-hybridized carbons (Fsp3) is 0.688. The van der Waals surface area contributed by atoms with E-state index in [0.29, 0.717) is 25.3 Å². The topological polar surface area (TPSA) is 84.5 Å². The Balaban J connectivity index is 2.22. The summed E-state index contributed by atoms with van der Waals surface area (Å²) >= 11 is 0. The number of ether oxygens (including phenoxy) is 2. The summed E-state index contributed by atoms with van der Waals surface area (Å²) in [4.78, 5) is 26.1. The van der Waals surface area contributed by atoms with Gasteiger partial charge in [0.15, 0.2) is 0 Å². The minimum atomic E-state index is -0.676. The van der Waals surface area contributed by atoms with Gasteiger partial charge in [0.25, 0.3) is 5.91 Å². The van der Waals surface area contributed by atoms with Gasteiger partial charge in [-0.2, -0.15) is 5.10 Å². The van der Waals surface area contributed by atoms with Gasteiger partial charge in [0.1, 0.15) is 5.69 Å². The molecule has 1 aliphatic heterocycles. The van der Waals surface area contributed by atoms with Crippen molar-refractivity contribution in [1.29, 1.82) is 0 Å². The molecular formula is C16H25N3O4. The van der Waals surface area contributed by atoms with E-state index in [0.717, 1.165) is 5.69 Å². The minimum Gasteiger partial charge on any atom is -0.469 e. The van der Waals surface area contributed by atoms with Crippen LogP contribution in [-0.4, -0.2) is 59.9 Å². The molecule has 0 radical (unpaired) electrons. The quantitative estimate of drug-likeness (QED) is 0.849. The maximum atomic E-state index is 12.8. The van der Waals surface area contributed by atoms with E-state index in [1.807, 2.05) is 20.8 Å². The first-order valence-corrected chi connectivity index (χ1v) is 7.68. The predicted octanol–water partition coefficient (Wildman–Crippen LogP) is 1.50. The number of amides is 1. The van der Waals surface area contributed by atoms with Gasteiger partial charge in [-0.1, -0.05) is 20.8 Å². The van der Waals surface area contributed by atoms with Crippen LogP contribution < -0.4 is 0 Å². The largest absolute Gasteiger partial charge is 0.469 e. The van der Waals surface area contributed by atoms with Gasteiger partial charge in [0.05, 0.1) is 25.7 Å². The van der Waals surface area contributed by atoms with Gasteiger partial charge in [-0.05, 0) is 12.5 Å². The molecule has 1 aromatic rings. The molecule has 2 rings (SSSR count). The lowest BCUT2D eigenvalue weighted by atomic mass is 9.91. The molecule has 0 bridgehead atoms. The molecule has 0 aliphatic carbocycles. The molecule has 7 nitrogen and oxygen atoms in total. The number of nitrogens with zero attached hydrogens (tertiary/aromatic N) is 2. The maximum Gasteiger partial charge on any atom is 0.307 e. The van der Waals surface area contributed by atoms with Crippen molar-refractivity contribution in [2.75, 3.05) is 27.4 Å². The molecule has 1 amide bonds. The van der Waals surface area contributed by atoms with Gasteiger partial charge >= 0.3 is 5.97 Å². The van der Waals surface area contributed by atoms with E-state index < -0.39 is 5.54 Å². The normalized spacial score (nSPS) is 21.3. The Bertz CT molecular complexity index is 582. The number of carbonyl (C=O) groups is 2. The third-order valence-corrected chi connectivity index (χ3v) is 4.40. The van der Waals surface area contributed by atoms with Crippen LogP contribution in [-0.2, 0) is 19.7 Å². The summed E-state index contributed by atoms with van der Waals surface area (Å²) in [5.41, 5.74) is 0.433. The van der Waals surface area contributed by atoms with E-state index >= 15 is 0 Å². The first kappa shape index (κ1) is 17.5. The summed E-state index contributed by atoms with van der Waals surface area (Å²) < 4.78 is 10.2. The van der Waals surface area contributed by atoms with Crippen molar-refractivity contribution in [3.8, 4) is 0 Å². The Morgan fingerprint density at radius 3 is 2.65 bits per heavy atom. The zero-order valence-corrected chi connectivity index (χ0v) is 14.4. The Hall–Kier alpha value is -1.89. The fourth-order valence-electron chi connectivity index (χ4n) is 2.66. The van der Waals surface area contributed by atoms with Crippen LogP contribution in [0, 0.1) is 0 Å². The van der Waals surface area contributed by atoms with Crippen molar-refractivity contribution in [2.24, 2.45) is 0 Å². The number of methoxy groups -OCH3 is 1. The molecule has 23 heavy (non-hydrogen) atoms. The van der Waals surface area contributed by atoms with Crippen LogP contribution in [0.4, 0.5) is 0 Å². The number of carbonyl (C=O) groups excluding carboxylic acids is 2. The molecule has 0 unspecified atom stereocenters. The highest BCUT2D eigenvalue weighted by molar-refractivity contribution is 5.93. The monoisotopic (exact) mass is 323 g/mol. The molecule has 0 aromatic carbocycles. The summed E-state index contributed by atoms with van der Waals surface area (Å²) in [6.45, 7) is 6.97. The third kappa shape index (κ3) is 3.55. The minimum absolute atomic E-state index is 0.113. The highest BCUT2D eigenvalue weighted by Gasteiger charge is 2.44. The molecule has 128 valence electrons. The maximum absolute atomic E-state index is 12.8. The molecule has 1 N–H and O–H groups in total. The number of hydrogen-bond donors (Lipinski definition) is 1. The van der Waals surface area contributed by atoms with Crippen molar-refractivity contribution in [3.63, 3.8) is 0 Å². The van der Waals surface area contributed by atoms with Crippen LogP contribution in [0.2, 0.25) is 0 Å². The van der Waals surface area contributed by atoms with E-state index in [1.165, 1.54) is 7.11 Å². The Kier molecular flexibility index (Phi) is 4.79. The first-order chi connectivity index (χ1) is 10.7. The Labute approximate surface area is 136 Å². The zero-order valence-electron chi connectivity index (χ0n) is 14.4. The molecule has 0 saturated carbocycles. The Morgan fingerprint density at radius 1 is 1.48 bits per heavy atom. The summed E-state index contributed by atoms with van der Waals surface area (Å²) in [7, 11) is 3.03. The number of aromatic nitrogens is 2. The van der Waals surface area contributed by atoms with Crippen LogP contribution in [0.25, 0.3) is 0 Å². The highest BCUT2D eigenvalue weighted by atomic mass is 16.5. The summed E-state index contributed by atoms with van der Waals surface area (Å²) in [6.07, 6.45) is 0.711. The Morgan fingerprint density at radius 2 is 2.17 bits per heavy atom. The second-order valence-corrected chi connectivity index (χ2v) is 7.06. The van der Waals surface area contributed by atoms with E-state index in [4.69, 9.17) is 9.47 Å². The van der Waals surface area contributed by atoms with Gasteiger partial charge in [0, 0.05) is 24.8 Å². The van der Waals surface area contributed by atoms with E-state index in [9.17, 15) is 9.59 Å². The molecule has 0 spiro atoms. The van der Waals surface area contributed by atoms with Crippen molar-refractivity contribution >= 4 is 11.9 Å². The number of nitrogens with one attached hydrogen (secondary N) is 1. The second-order valence-electron chi connectivity index (χ2n) is 7.06. The van der Waals surface area contributed by atoms with Gasteiger partial charge in [-0.15, -0.1) is 0 Å². The van der Waals surface area contributed by atoms with Crippen molar-refractivity contribution in [2.45, 2.75) is 44.6 Å². The molecule has 2 heterocycles. The zero-order chi connectivity index (χ0) is 17.3. The molecule has 7 heteroatoms. The van der Waals surface area contributed by atoms with Crippen molar-refractivity contribution < 1.29 is 19.1 Å². The highest BCUT2D eigenvalue weighted by Crippen LogP contribution is 2.31. The summed E-state index contributed by atoms with van der Waals surface area (Å²) in [5, 5.41) is 7.05. The lowest BCUT2D eigenvalue weighted by Gasteiger charge is -2.36. The fourth-order valence-corrected chi connectivity index (χ4v) is 2.66. The third-order valence-electron chi connectivity index (χ3n) is 4.40. The number of H-pyrrole nitrogens is 1. The van der Waals surface area contributed by atoms with Crippen LogP contribution in [0.5, 0.6) is 0 Å². The number of aromatic amines is 1. The van der Waals surface area contributed by atoms with Gasteiger partial charge in [0.2, 0.25) is 0 Å². The van der Waals surface area contributed by atoms with Crippen LogP contribution in [0.15, 0.2) is 6.07 Å². The van der Waals surface area contributed by atoms with Crippen molar-refractivity contribution in [1.82, 2.24) is 15.1 Å². The van der Waals surface area contributed by atoms with Gasteiger partial charge in [-0.3, -0.25) is 14.7 Å². The molecule has 1 aliphatic rings. The molecule has 1 aromatic heterocycles. The van der Waals surface area contributed by atoms with E-state index in [2.05, 4.69) is 10.2 Å². The average molecular weight is 323 g/mol. The average Bonchev–Trinajstić information content (AvgIpc) is 3.14. The van der Waals surface area contributed by atoms with E-state index in [-0.39, 0.29) is 23.7 Å². The lowest BCUT2D eigenvalue weighted by molar-refractivity contribution is -0.143. The molecule has 1 fully saturated rings. The van der Waals surface area contributed by atoms with Crippen LogP contribution in [0.1, 0.15) is 49.8 Å². The second kappa shape index (κ2) is 6.31. The summed E-state index contributed by atoms with van der Waals surface area (Å²) in [6, 6.07) is 1.76. The number of rotatable bonds is 4. The number of hydrogen-bond acceptors (Lipinski definition) is 5. The first-order valence-electron chi connectivity index (χ1n) is 7.68. The SMILES string of the molecule is COC(=O)C[C@]1(N(C)C(=O)c2cc(C(C)(C)C)[nH]n2)CCOC1. The molecular weight excluding hydrogens is 298 g/mol. The predicted molar refractivity (Wildman–Crippen MR) is 84.2 cm³/mol. The van der Waals surface area contributed by atoms with Crippen LogP contribution >= 0.6 is 0 Å². The summed E-state index contributed by atoms with van der Waals surface area (Å²) in [5.74, 6) is -0.585. The molecule has 1 saturated heterocycles. The van der Waals surface area contributed by atoms with Crippen LogP contribution in [0.3, 0.4) is 0 Å². The molecule has 1 atom stereocenters. The number of esters is 1.